The fourth-order valence-corrected chi connectivity index (χ4v) is 3.21. The first-order valence-electron chi connectivity index (χ1n) is 6.54. The summed E-state index contributed by atoms with van der Waals surface area (Å²) >= 11 is 0. The molecular formula is C13H21NO3. The van der Waals surface area contributed by atoms with Gasteiger partial charge in [0.05, 0.1) is 0 Å². The van der Waals surface area contributed by atoms with Crippen molar-refractivity contribution in [3.63, 3.8) is 0 Å². The second-order valence-corrected chi connectivity index (χ2v) is 5.59. The fraction of sp³-hybridized carbons (Fsp3) is 0.846. The molecule has 4 heteroatoms. The van der Waals surface area contributed by atoms with Crippen LogP contribution in [0.25, 0.3) is 0 Å². The summed E-state index contributed by atoms with van der Waals surface area (Å²) in [5.41, 5.74) is 0. The number of carbonyl (C=O) groups is 2. The molecule has 0 bridgehead atoms. The van der Waals surface area contributed by atoms with E-state index in [-0.39, 0.29) is 24.4 Å². The van der Waals surface area contributed by atoms with Crippen molar-refractivity contribution < 1.29 is 14.7 Å². The van der Waals surface area contributed by atoms with Gasteiger partial charge in [0.15, 0.2) is 0 Å². The van der Waals surface area contributed by atoms with Crippen molar-refractivity contribution in [1.82, 2.24) is 4.90 Å². The van der Waals surface area contributed by atoms with Gasteiger partial charge >= 0.3 is 5.97 Å². The van der Waals surface area contributed by atoms with Gasteiger partial charge in [-0.05, 0) is 38.5 Å². The molecule has 17 heavy (non-hydrogen) atoms. The summed E-state index contributed by atoms with van der Waals surface area (Å²) in [6.45, 7) is 3.60. The van der Waals surface area contributed by atoms with Gasteiger partial charge < -0.3 is 10.0 Å². The normalized spacial score (nSPS) is 30.9. The number of amides is 1. The molecule has 0 aromatic carbocycles. The van der Waals surface area contributed by atoms with Gasteiger partial charge in [-0.2, -0.15) is 0 Å². The molecule has 2 atom stereocenters. The third-order valence-electron chi connectivity index (χ3n) is 4.15. The van der Waals surface area contributed by atoms with Crippen LogP contribution in [-0.2, 0) is 9.59 Å². The Morgan fingerprint density at radius 1 is 1.24 bits per heavy atom. The molecule has 96 valence electrons. The molecule has 2 fully saturated rings. The molecule has 0 aliphatic heterocycles. The number of carbonyl (C=O) groups excluding carboxylic acids is 1. The van der Waals surface area contributed by atoms with E-state index in [1.165, 1.54) is 17.7 Å². The van der Waals surface area contributed by atoms with Crippen LogP contribution in [0.5, 0.6) is 0 Å². The highest BCUT2D eigenvalue weighted by molar-refractivity contribution is 5.86. The summed E-state index contributed by atoms with van der Waals surface area (Å²) in [5, 5.41) is 8.85. The van der Waals surface area contributed by atoms with Crippen molar-refractivity contribution in [2.24, 2.45) is 17.8 Å². The monoisotopic (exact) mass is 239 g/mol. The summed E-state index contributed by atoms with van der Waals surface area (Å²) in [6, 6.07) is -0.0266. The van der Waals surface area contributed by atoms with Crippen LogP contribution >= 0.6 is 0 Å². The first kappa shape index (κ1) is 12.4. The quantitative estimate of drug-likeness (QED) is 0.813. The van der Waals surface area contributed by atoms with Crippen LogP contribution in [0, 0.1) is 17.8 Å². The Labute approximate surface area is 102 Å². The average Bonchev–Trinajstić information content (AvgIpc) is 2.98. The molecule has 4 nitrogen and oxygen atoms in total. The van der Waals surface area contributed by atoms with Gasteiger partial charge in [0.1, 0.15) is 6.54 Å². The van der Waals surface area contributed by atoms with Crippen molar-refractivity contribution in [2.45, 2.75) is 45.6 Å². The SMILES string of the molecule is CC(C)N(CC(=O)O)C(=O)C1C2CCCCC21. The smallest absolute Gasteiger partial charge is 0.323 e. The Morgan fingerprint density at radius 3 is 2.18 bits per heavy atom. The van der Waals surface area contributed by atoms with E-state index in [0.717, 1.165) is 12.8 Å². The molecular weight excluding hydrogens is 218 g/mol. The van der Waals surface area contributed by atoms with Gasteiger partial charge in [0, 0.05) is 12.0 Å². The molecule has 0 aromatic heterocycles. The zero-order chi connectivity index (χ0) is 12.6. The minimum absolute atomic E-state index is 0.0266. The van der Waals surface area contributed by atoms with Crippen LogP contribution in [0.2, 0.25) is 0 Å². The lowest BCUT2D eigenvalue weighted by atomic mass is 10.0. The Hall–Kier alpha value is -1.06. The summed E-state index contributed by atoms with van der Waals surface area (Å²) in [5.74, 6) is 0.367. The molecule has 2 unspecified atom stereocenters. The Bertz CT molecular complexity index is 315. The first-order chi connectivity index (χ1) is 8.02. The zero-order valence-electron chi connectivity index (χ0n) is 10.6. The molecule has 1 N–H and O–H groups in total. The van der Waals surface area contributed by atoms with Gasteiger partial charge in [-0.25, -0.2) is 0 Å². The summed E-state index contributed by atoms with van der Waals surface area (Å²) in [4.78, 5) is 24.6. The molecule has 2 saturated carbocycles. The van der Waals surface area contributed by atoms with Crippen LogP contribution in [0.15, 0.2) is 0 Å². The first-order valence-corrected chi connectivity index (χ1v) is 6.54. The molecule has 2 aliphatic carbocycles. The number of nitrogens with zero attached hydrogens (tertiary/aromatic N) is 1. The number of carboxylic acid groups (broad SMARTS) is 1. The van der Waals surface area contributed by atoms with E-state index in [1.54, 1.807) is 0 Å². The average molecular weight is 239 g/mol. The zero-order valence-corrected chi connectivity index (χ0v) is 10.6. The lowest BCUT2D eigenvalue weighted by molar-refractivity contribution is -0.146. The van der Waals surface area contributed by atoms with Gasteiger partial charge in [0.25, 0.3) is 0 Å². The van der Waals surface area contributed by atoms with Crippen LogP contribution in [0.1, 0.15) is 39.5 Å². The maximum atomic E-state index is 12.3. The number of aliphatic carboxylic acids is 1. The number of fused-ring (bicyclic) bond motifs is 1. The van der Waals surface area contributed by atoms with Crippen molar-refractivity contribution in [1.29, 1.82) is 0 Å². The number of hydrogen-bond acceptors (Lipinski definition) is 2. The molecule has 2 rings (SSSR count). The van der Waals surface area contributed by atoms with Crippen molar-refractivity contribution in [3.05, 3.63) is 0 Å². The van der Waals surface area contributed by atoms with Crippen LogP contribution < -0.4 is 0 Å². The van der Waals surface area contributed by atoms with E-state index >= 15 is 0 Å². The topological polar surface area (TPSA) is 57.6 Å². The highest BCUT2D eigenvalue weighted by Crippen LogP contribution is 2.56. The summed E-state index contributed by atoms with van der Waals surface area (Å²) < 4.78 is 0. The Kier molecular flexibility index (Phi) is 3.40. The minimum Gasteiger partial charge on any atom is -0.480 e. The van der Waals surface area contributed by atoms with E-state index in [0.29, 0.717) is 11.8 Å². The van der Waals surface area contributed by atoms with E-state index < -0.39 is 5.97 Å². The van der Waals surface area contributed by atoms with E-state index in [9.17, 15) is 9.59 Å². The van der Waals surface area contributed by atoms with Crippen molar-refractivity contribution in [3.8, 4) is 0 Å². The molecule has 0 radical (unpaired) electrons. The van der Waals surface area contributed by atoms with Gasteiger partial charge in [0.2, 0.25) is 5.91 Å². The standard InChI is InChI=1S/C13H21NO3/c1-8(2)14(7-11(15)16)13(17)12-9-5-3-4-6-10(9)12/h8-10,12H,3-7H2,1-2H3,(H,15,16). The Balaban J connectivity index is 1.99. The summed E-state index contributed by atoms with van der Waals surface area (Å²) in [6.07, 6.45) is 4.76. The molecule has 0 heterocycles. The third kappa shape index (κ3) is 2.45. The Morgan fingerprint density at radius 2 is 1.76 bits per heavy atom. The van der Waals surface area contributed by atoms with Gasteiger partial charge in [-0.1, -0.05) is 12.8 Å². The van der Waals surface area contributed by atoms with Gasteiger partial charge in [-0.15, -0.1) is 0 Å². The number of hydrogen-bond donors (Lipinski definition) is 1. The lowest BCUT2D eigenvalue weighted by Crippen LogP contribution is -2.42. The van der Waals surface area contributed by atoms with Gasteiger partial charge in [-0.3, -0.25) is 9.59 Å². The maximum absolute atomic E-state index is 12.3. The summed E-state index contributed by atoms with van der Waals surface area (Å²) in [7, 11) is 0. The second kappa shape index (κ2) is 4.67. The predicted molar refractivity (Wildman–Crippen MR) is 63.4 cm³/mol. The number of carboxylic acids is 1. The molecule has 2 aliphatic rings. The second-order valence-electron chi connectivity index (χ2n) is 5.59. The molecule has 0 saturated heterocycles. The van der Waals surface area contributed by atoms with E-state index in [4.69, 9.17) is 5.11 Å². The highest BCUT2D eigenvalue weighted by atomic mass is 16.4. The third-order valence-corrected chi connectivity index (χ3v) is 4.15. The molecule has 0 spiro atoms. The largest absolute Gasteiger partial charge is 0.480 e. The molecule has 1 amide bonds. The fourth-order valence-electron chi connectivity index (χ4n) is 3.21. The van der Waals surface area contributed by atoms with E-state index in [2.05, 4.69) is 0 Å². The van der Waals surface area contributed by atoms with Crippen LogP contribution in [-0.4, -0.2) is 34.5 Å². The number of rotatable bonds is 4. The van der Waals surface area contributed by atoms with Crippen molar-refractivity contribution >= 4 is 11.9 Å². The predicted octanol–water partition coefficient (Wildman–Crippen LogP) is 1.74. The lowest BCUT2D eigenvalue weighted by Gasteiger charge is -2.25. The highest BCUT2D eigenvalue weighted by Gasteiger charge is 2.56. The molecule has 0 aromatic rings. The van der Waals surface area contributed by atoms with Crippen LogP contribution in [0.4, 0.5) is 0 Å². The van der Waals surface area contributed by atoms with Crippen LogP contribution in [0.3, 0.4) is 0 Å². The minimum atomic E-state index is -0.921. The maximum Gasteiger partial charge on any atom is 0.323 e. The van der Waals surface area contributed by atoms with E-state index in [1.807, 2.05) is 13.8 Å². The van der Waals surface area contributed by atoms with Crippen molar-refractivity contribution in [2.75, 3.05) is 6.54 Å².